The van der Waals surface area contributed by atoms with E-state index in [0.717, 1.165) is 28.2 Å². The number of nitrogens with one attached hydrogen (secondary N) is 1. The Bertz CT molecular complexity index is 1100. The zero-order valence-electron chi connectivity index (χ0n) is 16.9. The summed E-state index contributed by atoms with van der Waals surface area (Å²) in [4.78, 5) is 12.1. The van der Waals surface area contributed by atoms with Gasteiger partial charge in [-0.05, 0) is 56.2 Å². The van der Waals surface area contributed by atoms with E-state index in [-0.39, 0.29) is 12.5 Å². The number of halogens is 1. The highest BCUT2D eigenvalue weighted by atomic mass is 35.5. The van der Waals surface area contributed by atoms with E-state index in [2.05, 4.69) is 16.5 Å². The maximum absolute atomic E-state index is 12.1. The van der Waals surface area contributed by atoms with E-state index in [1.165, 1.54) is 0 Å². The standard InChI is InChI=1S/C23H23ClN4O2/c1-15-21(12-17-4-6-18(7-5-17)23(30)26-10-3-11-29)16(2)28(27-15)20-9-8-19(14-25)22(24)13-20/h4-9,13,29H,3,10-12H2,1-2H3,(H,26,30). The van der Waals surface area contributed by atoms with E-state index in [4.69, 9.17) is 22.0 Å². The van der Waals surface area contributed by atoms with E-state index in [9.17, 15) is 4.79 Å². The van der Waals surface area contributed by atoms with Crippen molar-refractivity contribution >= 4 is 17.5 Å². The van der Waals surface area contributed by atoms with Gasteiger partial charge in [0.05, 0.1) is 22.0 Å². The van der Waals surface area contributed by atoms with Crippen molar-refractivity contribution in [3.63, 3.8) is 0 Å². The lowest BCUT2D eigenvalue weighted by Crippen LogP contribution is -2.24. The second-order valence-electron chi connectivity index (χ2n) is 7.04. The van der Waals surface area contributed by atoms with Crippen molar-refractivity contribution < 1.29 is 9.90 Å². The van der Waals surface area contributed by atoms with Crippen LogP contribution in [0.4, 0.5) is 0 Å². The Balaban J connectivity index is 1.79. The number of carbonyl (C=O) groups is 1. The first-order valence-electron chi connectivity index (χ1n) is 9.67. The lowest BCUT2D eigenvalue weighted by molar-refractivity contribution is 0.0951. The fraction of sp³-hybridized carbons (Fsp3) is 0.261. The Labute approximate surface area is 180 Å². The number of aromatic nitrogens is 2. The van der Waals surface area contributed by atoms with E-state index in [1.54, 1.807) is 24.3 Å². The Morgan fingerprint density at radius 2 is 1.97 bits per heavy atom. The number of aliphatic hydroxyl groups is 1. The normalized spacial score (nSPS) is 10.6. The molecule has 3 aromatic rings. The van der Waals surface area contributed by atoms with Gasteiger partial charge in [-0.1, -0.05) is 23.7 Å². The van der Waals surface area contributed by atoms with Crippen molar-refractivity contribution in [2.24, 2.45) is 0 Å². The van der Waals surface area contributed by atoms with Crippen LogP contribution in [0.5, 0.6) is 0 Å². The van der Waals surface area contributed by atoms with Crippen LogP contribution in [0.25, 0.3) is 5.69 Å². The SMILES string of the molecule is Cc1nn(-c2ccc(C#N)c(Cl)c2)c(C)c1Cc1ccc(C(=O)NCCCO)cc1. The second-order valence-corrected chi connectivity index (χ2v) is 7.45. The first-order valence-corrected chi connectivity index (χ1v) is 10.1. The van der Waals surface area contributed by atoms with Crippen LogP contribution in [0.2, 0.25) is 5.02 Å². The lowest BCUT2D eigenvalue weighted by Gasteiger charge is -2.08. The molecule has 1 aromatic heterocycles. The van der Waals surface area contributed by atoms with Crippen LogP contribution in [0, 0.1) is 25.2 Å². The number of aliphatic hydroxyl groups excluding tert-OH is 1. The minimum Gasteiger partial charge on any atom is -0.396 e. The van der Waals surface area contributed by atoms with Gasteiger partial charge in [0.2, 0.25) is 0 Å². The third kappa shape index (κ3) is 4.70. The highest BCUT2D eigenvalue weighted by molar-refractivity contribution is 6.31. The van der Waals surface area contributed by atoms with Crippen molar-refractivity contribution in [3.8, 4) is 11.8 Å². The molecule has 0 radical (unpaired) electrons. The summed E-state index contributed by atoms with van der Waals surface area (Å²) < 4.78 is 1.83. The molecule has 0 saturated carbocycles. The monoisotopic (exact) mass is 422 g/mol. The number of carbonyl (C=O) groups excluding carboxylic acids is 1. The van der Waals surface area contributed by atoms with E-state index in [0.29, 0.717) is 35.5 Å². The number of rotatable bonds is 7. The Kier molecular flexibility index (Phi) is 6.88. The van der Waals surface area contributed by atoms with Gasteiger partial charge in [0.25, 0.3) is 5.91 Å². The van der Waals surface area contributed by atoms with Crippen LogP contribution in [0.3, 0.4) is 0 Å². The zero-order valence-corrected chi connectivity index (χ0v) is 17.7. The summed E-state index contributed by atoms with van der Waals surface area (Å²) in [5.41, 5.74) is 5.93. The zero-order chi connectivity index (χ0) is 21.7. The van der Waals surface area contributed by atoms with Crippen LogP contribution in [0.1, 0.15) is 44.9 Å². The van der Waals surface area contributed by atoms with Crippen LogP contribution < -0.4 is 5.32 Å². The van der Waals surface area contributed by atoms with E-state index in [1.807, 2.05) is 36.7 Å². The van der Waals surface area contributed by atoms with Crippen LogP contribution in [-0.4, -0.2) is 33.9 Å². The summed E-state index contributed by atoms with van der Waals surface area (Å²) >= 11 is 6.18. The van der Waals surface area contributed by atoms with Gasteiger partial charge in [-0.25, -0.2) is 4.68 Å². The Hall–Kier alpha value is -3.14. The van der Waals surface area contributed by atoms with Crippen molar-refractivity contribution in [3.05, 3.63) is 81.1 Å². The smallest absolute Gasteiger partial charge is 0.251 e. The molecule has 0 atom stereocenters. The Morgan fingerprint density at radius 1 is 1.23 bits per heavy atom. The molecule has 0 aliphatic heterocycles. The summed E-state index contributed by atoms with van der Waals surface area (Å²) in [7, 11) is 0. The number of nitrogens with zero attached hydrogens (tertiary/aromatic N) is 3. The largest absolute Gasteiger partial charge is 0.396 e. The van der Waals surface area contributed by atoms with E-state index >= 15 is 0 Å². The molecule has 0 aliphatic rings. The second kappa shape index (κ2) is 9.57. The van der Waals surface area contributed by atoms with Crippen LogP contribution in [-0.2, 0) is 6.42 Å². The minimum absolute atomic E-state index is 0.0558. The molecular formula is C23H23ClN4O2. The molecule has 0 bridgehead atoms. The van der Waals surface area contributed by atoms with Gasteiger partial charge >= 0.3 is 0 Å². The first-order chi connectivity index (χ1) is 14.4. The summed E-state index contributed by atoms with van der Waals surface area (Å²) in [5, 5.41) is 25.7. The number of aryl methyl sites for hydroxylation is 1. The average Bonchev–Trinajstić information content (AvgIpc) is 3.02. The van der Waals surface area contributed by atoms with Crippen LogP contribution >= 0.6 is 11.6 Å². The van der Waals surface area contributed by atoms with Gasteiger partial charge in [0, 0.05) is 36.4 Å². The number of benzene rings is 2. The predicted octanol–water partition coefficient (Wildman–Crippen LogP) is 3.72. The summed E-state index contributed by atoms with van der Waals surface area (Å²) in [5.74, 6) is -0.145. The minimum atomic E-state index is -0.145. The third-order valence-corrected chi connectivity index (χ3v) is 5.29. The molecule has 6 nitrogen and oxygen atoms in total. The maximum Gasteiger partial charge on any atom is 0.251 e. The number of amides is 1. The maximum atomic E-state index is 12.1. The van der Waals surface area contributed by atoms with Crippen molar-refractivity contribution in [2.75, 3.05) is 13.2 Å². The number of hydrogen-bond donors (Lipinski definition) is 2. The van der Waals surface area contributed by atoms with Gasteiger partial charge < -0.3 is 10.4 Å². The summed E-state index contributed by atoms with van der Waals surface area (Å²) in [6.45, 7) is 4.48. The molecule has 30 heavy (non-hydrogen) atoms. The molecule has 1 heterocycles. The van der Waals surface area contributed by atoms with Gasteiger partial charge in [-0.3, -0.25) is 4.79 Å². The fourth-order valence-corrected chi connectivity index (χ4v) is 3.49. The van der Waals surface area contributed by atoms with Crippen LogP contribution in [0.15, 0.2) is 42.5 Å². The van der Waals surface area contributed by atoms with Crippen molar-refractivity contribution in [1.82, 2.24) is 15.1 Å². The Morgan fingerprint density at radius 3 is 2.60 bits per heavy atom. The molecule has 0 spiro atoms. The number of nitriles is 1. The molecule has 2 N–H and O–H groups in total. The molecule has 0 saturated heterocycles. The molecule has 0 fully saturated rings. The van der Waals surface area contributed by atoms with Crippen molar-refractivity contribution in [2.45, 2.75) is 26.7 Å². The quantitative estimate of drug-likeness (QED) is 0.568. The number of hydrogen-bond acceptors (Lipinski definition) is 4. The molecule has 0 aliphatic carbocycles. The average molecular weight is 423 g/mol. The highest BCUT2D eigenvalue weighted by Crippen LogP contribution is 2.24. The molecule has 2 aromatic carbocycles. The van der Waals surface area contributed by atoms with Gasteiger partial charge in [0.15, 0.2) is 0 Å². The van der Waals surface area contributed by atoms with Crippen molar-refractivity contribution in [1.29, 1.82) is 5.26 Å². The molecule has 1 amide bonds. The molecule has 3 rings (SSSR count). The fourth-order valence-electron chi connectivity index (χ4n) is 3.27. The van der Waals surface area contributed by atoms with Gasteiger partial charge in [-0.2, -0.15) is 10.4 Å². The van der Waals surface area contributed by atoms with Gasteiger partial charge in [-0.15, -0.1) is 0 Å². The first kappa shape index (κ1) is 21.6. The lowest BCUT2D eigenvalue weighted by atomic mass is 10.0. The van der Waals surface area contributed by atoms with Gasteiger partial charge in [0.1, 0.15) is 6.07 Å². The molecular weight excluding hydrogens is 400 g/mol. The predicted molar refractivity (Wildman–Crippen MR) is 116 cm³/mol. The topological polar surface area (TPSA) is 90.9 Å². The third-order valence-electron chi connectivity index (χ3n) is 4.98. The highest BCUT2D eigenvalue weighted by Gasteiger charge is 2.15. The van der Waals surface area contributed by atoms with E-state index < -0.39 is 0 Å². The molecule has 154 valence electrons. The molecule has 0 unspecified atom stereocenters. The summed E-state index contributed by atoms with van der Waals surface area (Å²) in [6, 6.07) is 14.8. The molecule has 7 heteroatoms. The summed E-state index contributed by atoms with van der Waals surface area (Å²) in [6.07, 6.45) is 1.23.